The van der Waals surface area contributed by atoms with E-state index in [1.165, 1.54) is 23.5 Å². The summed E-state index contributed by atoms with van der Waals surface area (Å²) in [4.78, 5) is 0.962. The summed E-state index contributed by atoms with van der Waals surface area (Å²) in [6.45, 7) is 17.2. The zero-order chi connectivity index (χ0) is 12.1. The Bertz CT molecular complexity index is 163. The molecule has 0 heterocycles. The average Bonchev–Trinajstić information content (AvgIpc) is 2.17. The molecule has 0 aliphatic heterocycles. The minimum Gasteiger partial charge on any atom is -0.165 e. The van der Waals surface area contributed by atoms with Gasteiger partial charge in [-0.2, -0.15) is 11.8 Å². The molecule has 0 aliphatic carbocycles. The summed E-state index contributed by atoms with van der Waals surface area (Å²) >= 11 is 2.29. The quantitative estimate of drug-likeness (QED) is 0.580. The molecule has 0 bridgehead atoms. The summed E-state index contributed by atoms with van der Waals surface area (Å²) in [5.74, 6) is 0. The summed E-state index contributed by atoms with van der Waals surface area (Å²) in [7, 11) is -1.79. The molecule has 0 N–H and O–H groups in total. The third-order valence-corrected chi connectivity index (χ3v) is 16.3. The first-order valence-electron chi connectivity index (χ1n) is 6.43. The van der Waals surface area contributed by atoms with Gasteiger partial charge < -0.3 is 0 Å². The molecule has 0 aliphatic rings. The van der Waals surface area contributed by atoms with E-state index >= 15 is 0 Å². The van der Waals surface area contributed by atoms with Gasteiger partial charge in [0.2, 0.25) is 0 Å². The summed E-state index contributed by atoms with van der Waals surface area (Å²) in [5, 5.41) is 1.45. The standard InChI is InChI=1S/C12H30SSi2/c1-8-15(9-2,10-3)12(4)13-11-14(5,6)7/h12H,8-11H2,1-7H3. The van der Waals surface area contributed by atoms with Crippen LogP contribution in [-0.2, 0) is 0 Å². The van der Waals surface area contributed by atoms with E-state index < -0.39 is 16.1 Å². The number of hydrogen-bond acceptors (Lipinski definition) is 1. The van der Waals surface area contributed by atoms with Gasteiger partial charge in [0.15, 0.2) is 0 Å². The SMILES string of the molecule is CC[Si](CC)(CC)C(C)SC[Si](C)(C)C. The molecular weight excluding hydrogens is 232 g/mol. The van der Waals surface area contributed by atoms with Gasteiger partial charge in [0.05, 0.1) is 16.1 Å². The molecule has 0 spiro atoms. The topological polar surface area (TPSA) is 0 Å². The minimum atomic E-state index is -0.935. The molecule has 0 saturated heterocycles. The smallest absolute Gasteiger partial charge is 0.0666 e. The normalized spacial score (nSPS) is 15.4. The molecule has 0 rings (SSSR count). The lowest BCUT2D eigenvalue weighted by Gasteiger charge is -2.35. The highest BCUT2D eigenvalue weighted by molar-refractivity contribution is 8.03. The van der Waals surface area contributed by atoms with Crippen molar-refractivity contribution in [3.8, 4) is 0 Å². The Morgan fingerprint density at radius 1 is 0.933 bits per heavy atom. The van der Waals surface area contributed by atoms with E-state index in [-0.39, 0.29) is 0 Å². The molecule has 0 aromatic rings. The van der Waals surface area contributed by atoms with Crippen molar-refractivity contribution in [3.63, 3.8) is 0 Å². The van der Waals surface area contributed by atoms with Crippen LogP contribution >= 0.6 is 11.8 Å². The lowest BCUT2D eigenvalue weighted by Crippen LogP contribution is -2.43. The van der Waals surface area contributed by atoms with Crippen LogP contribution in [-0.4, -0.2) is 26.4 Å². The van der Waals surface area contributed by atoms with Crippen molar-refractivity contribution >= 4 is 27.9 Å². The van der Waals surface area contributed by atoms with Crippen LogP contribution in [0.5, 0.6) is 0 Å². The summed E-state index contributed by atoms with van der Waals surface area (Å²) in [5.41, 5.74) is 0. The average molecular weight is 263 g/mol. The largest absolute Gasteiger partial charge is 0.165 e. The van der Waals surface area contributed by atoms with E-state index in [0.717, 1.165) is 4.87 Å². The molecule has 92 valence electrons. The minimum absolute atomic E-state index is 0.852. The predicted octanol–water partition coefficient (Wildman–Crippen LogP) is 5.03. The van der Waals surface area contributed by atoms with Crippen LogP contribution in [0.1, 0.15) is 27.7 Å². The van der Waals surface area contributed by atoms with E-state index in [2.05, 4.69) is 59.1 Å². The number of hydrogen-bond donors (Lipinski definition) is 0. The maximum absolute atomic E-state index is 2.51. The lowest BCUT2D eigenvalue weighted by atomic mass is 10.9. The zero-order valence-corrected chi connectivity index (χ0v) is 14.6. The Morgan fingerprint density at radius 2 is 1.33 bits per heavy atom. The highest BCUT2D eigenvalue weighted by atomic mass is 32.2. The first-order valence-corrected chi connectivity index (χ1v) is 13.9. The molecule has 0 fully saturated rings. The van der Waals surface area contributed by atoms with Crippen molar-refractivity contribution in [3.05, 3.63) is 0 Å². The maximum Gasteiger partial charge on any atom is 0.0666 e. The molecule has 0 aromatic carbocycles. The van der Waals surface area contributed by atoms with Gasteiger partial charge in [-0.15, -0.1) is 0 Å². The first-order chi connectivity index (χ1) is 6.81. The van der Waals surface area contributed by atoms with E-state index in [9.17, 15) is 0 Å². The molecule has 0 aromatic heterocycles. The van der Waals surface area contributed by atoms with Crippen molar-refractivity contribution in [2.24, 2.45) is 0 Å². The van der Waals surface area contributed by atoms with E-state index in [1.807, 2.05) is 0 Å². The second-order valence-electron chi connectivity index (χ2n) is 5.94. The molecule has 3 heteroatoms. The fourth-order valence-corrected chi connectivity index (χ4v) is 12.1. The van der Waals surface area contributed by atoms with E-state index in [1.54, 1.807) is 0 Å². The molecule has 0 nitrogen and oxygen atoms in total. The van der Waals surface area contributed by atoms with E-state index in [0.29, 0.717) is 0 Å². The molecular formula is C12H30SSi2. The van der Waals surface area contributed by atoms with Gasteiger partial charge in [-0.25, -0.2) is 0 Å². The third kappa shape index (κ3) is 5.09. The van der Waals surface area contributed by atoms with Crippen molar-refractivity contribution in [1.82, 2.24) is 0 Å². The molecule has 15 heavy (non-hydrogen) atoms. The second-order valence-corrected chi connectivity index (χ2v) is 19.4. The van der Waals surface area contributed by atoms with Crippen molar-refractivity contribution in [2.75, 3.05) is 5.38 Å². The van der Waals surface area contributed by atoms with Gasteiger partial charge in [0, 0.05) is 0 Å². The van der Waals surface area contributed by atoms with Crippen molar-refractivity contribution in [1.29, 1.82) is 0 Å². The number of rotatable bonds is 7. The van der Waals surface area contributed by atoms with Crippen LogP contribution in [0.2, 0.25) is 37.8 Å². The van der Waals surface area contributed by atoms with Crippen LogP contribution in [0.25, 0.3) is 0 Å². The van der Waals surface area contributed by atoms with Gasteiger partial charge in [-0.3, -0.25) is 0 Å². The van der Waals surface area contributed by atoms with Crippen LogP contribution in [0.4, 0.5) is 0 Å². The Labute approximate surface area is 104 Å². The van der Waals surface area contributed by atoms with Crippen LogP contribution in [0.3, 0.4) is 0 Å². The molecule has 1 unspecified atom stereocenters. The van der Waals surface area contributed by atoms with Crippen LogP contribution in [0, 0.1) is 0 Å². The maximum atomic E-state index is 2.51. The summed E-state index contributed by atoms with van der Waals surface area (Å²) in [6.07, 6.45) is 0. The number of thioether (sulfide) groups is 1. The summed E-state index contributed by atoms with van der Waals surface area (Å²) in [6, 6.07) is 4.42. The monoisotopic (exact) mass is 262 g/mol. The van der Waals surface area contributed by atoms with Gasteiger partial charge >= 0.3 is 0 Å². The molecule has 1 atom stereocenters. The van der Waals surface area contributed by atoms with Gasteiger partial charge in [0.1, 0.15) is 0 Å². The van der Waals surface area contributed by atoms with Gasteiger partial charge in [-0.05, 0) is 10.2 Å². The molecule has 0 radical (unpaired) electrons. The highest BCUT2D eigenvalue weighted by Gasteiger charge is 2.34. The zero-order valence-electron chi connectivity index (χ0n) is 11.8. The van der Waals surface area contributed by atoms with Gasteiger partial charge in [0.25, 0.3) is 0 Å². The Kier molecular flexibility index (Phi) is 6.84. The summed E-state index contributed by atoms with van der Waals surface area (Å²) < 4.78 is 0. The fourth-order valence-electron chi connectivity index (χ4n) is 2.16. The third-order valence-electron chi connectivity index (χ3n) is 3.74. The van der Waals surface area contributed by atoms with Crippen LogP contribution < -0.4 is 0 Å². The van der Waals surface area contributed by atoms with E-state index in [4.69, 9.17) is 0 Å². The molecule has 0 amide bonds. The molecule has 0 saturated carbocycles. The predicted molar refractivity (Wildman–Crippen MR) is 82.5 cm³/mol. The van der Waals surface area contributed by atoms with Gasteiger partial charge in [-0.1, -0.05) is 65.5 Å². The Balaban J connectivity index is 4.33. The van der Waals surface area contributed by atoms with Crippen LogP contribution in [0.15, 0.2) is 0 Å². The Morgan fingerprint density at radius 3 is 1.60 bits per heavy atom. The van der Waals surface area contributed by atoms with Crippen molar-refractivity contribution in [2.45, 2.75) is 70.3 Å². The Hall–Kier alpha value is 0.784. The lowest BCUT2D eigenvalue weighted by molar-refractivity contribution is 1.09. The van der Waals surface area contributed by atoms with Crippen molar-refractivity contribution < 1.29 is 0 Å². The highest BCUT2D eigenvalue weighted by Crippen LogP contribution is 2.33. The fraction of sp³-hybridized carbons (Fsp3) is 1.00. The second kappa shape index (κ2) is 6.50. The first kappa shape index (κ1) is 15.8.